The van der Waals surface area contributed by atoms with Gasteiger partial charge in [0.2, 0.25) is 0 Å². The highest BCUT2D eigenvalue weighted by molar-refractivity contribution is 9.10. The highest BCUT2D eigenvalue weighted by Crippen LogP contribution is 2.27. The van der Waals surface area contributed by atoms with Gasteiger partial charge in [0.15, 0.2) is 0 Å². The molecule has 1 heterocycles. The summed E-state index contributed by atoms with van der Waals surface area (Å²) in [5.41, 5.74) is 0.822. The van der Waals surface area contributed by atoms with Crippen LogP contribution >= 0.6 is 15.9 Å². The fraction of sp³-hybridized carbons (Fsp3) is 0.647. The van der Waals surface area contributed by atoms with Crippen molar-refractivity contribution in [2.75, 3.05) is 19.6 Å². The van der Waals surface area contributed by atoms with E-state index in [1.165, 1.54) is 12.8 Å². The van der Waals surface area contributed by atoms with Gasteiger partial charge in [0, 0.05) is 16.1 Å². The molecule has 1 aromatic carbocycles. The first kappa shape index (κ1) is 16.9. The van der Waals surface area contributed by atoms with E-state index in [0.717, 1.165) is 36.1 Å². The fourth-order valence-corrected chi connectivity index (χ4v) is 3.57. The Morgan fingerprint density at radius 3 is 2.57 bits per heavy atom. The van der Waals surface area contributed by atoms with Crippen LogP contribution in [0.2, 0.25) is 0 Å². The summed E-state index contributed by atoms with van der Waals surface area (Å²) in [4.78, 5) is 2.54. The van der Waals surface area contributed by atoms with E-state index in [1.807, 2.05) is 12.1 Å². The van der Waals surface area contributed by atoms with Gasteiger partial charge >= 0.3 is 0 Å². The van der Waals surface area contributed by atoms with E-state index in [2.05, 4.69) is 46.9 Å². The third-order valence-corrected chi connectivity index (χ3v) is 5.16. The molecule has 0 amide bonds. The average Bonchev–Trinajstić information content (AvgIpc) is 2.95. The Hall–Kier alpha value is -0.450. The van der Waals surface area contributed by atoms with Gasteiger partial charge in [-0.3, -0.25) is 4.90 Å². The standard InChI is InChI=1S/C17H26BrFN2/c1-4-20-16(17(2,3)21-9-5-6-10-21)11-13-7-8-14(18)12-15(13)19/h7-8,12,16,20H,4-6,9-11H2,1-3H3. The normalized spacial score (nSPS) is 18.1. The second-order valence-electron chi connectivity index (χ2n) is 6.40. The Morgan fingerprint density at radius 2 is 2.00 bits per heavy atom. The van der Waals surface area contributed by atoms with Crippen molar-refractivity contribution in [1.29, 1.82) is 0 Å². The number of hydrogen-bond acceptors (Lipinski definition) is 2. The molecule has 0 aromatic heterocycles. The van der Waals surface area contributed by atoms with Crippen molar-refractivity contribution < 1.29 is 4.39 Å². The molecule has 2 nitrogen and oxygen atoms in total. The second kappa shape index (κ2) is 7.21. The molecular weight excluding hydrogens is 331 g/mol. The van der Waals surface area contributed by atoms with E-state index < -0.39 is 0 Å². The number of hydrogen-bond donors (Lipinski definition) is 1. The van der Waals surface area contributed by atoms with Crippen molar-refractivity contribution in [3.63, 3.8) is 0 Å². The summed E-state index contributed by atoms with van der Waals surface area (Å²) in [6, 6.07) is 5.62. The maximum atomic E-state index is 14.1. The van der Waals surface area contributed by atoms with E-state index in [-0.39, 0.29) is 17.4 Å². The predicted octanol–water partition coefficient (Wildman–Crippen LogP) is 3.98. The molecule has 1 N–H and O–H groups in total. The molecule has 1 fully saturated rings. The maximum Gasteiger partial charge on any atom is 0.127 e. The molecule has 1 aliphatic rings. The monoisotopic (exact) mass is 356 g/mol. The molecule has 1 aromatic rings. The molecule has 21 heavy (non-hydrogen) atoms. The van der Waals surface area contributed by atoms with Crippen molar-refractivity contribution in [1.82, 2.24) is 10.2 Å². The minimum atomic E-state index is -0.121. The first-order valence-electron chi connectivity index (χ1n) is 7.87. The van der Waals surface area contributed by atoms with Gasteiger partial charge in [0.25, 0.3) is 0 Å². The highest BCUT2D eigenvalue weighted by atomic mass is 79.9. The van der Waals surface area contributed by atoms with Crippen LogP contribution in [0.25, 0.3) is 0 Å². The van der Waals surface area contributed by atoms with Crippen LogP contribution < -0.4 is 5.32 Å². The van der Waals surface area contributed by atoms with Crippen LogP contribution in [-0.4, -0.2) is 36.1 Å². The molecule has 1 atom stereocenters. The van der Waals surface area contributed by atoms with Crippen molar-refractivity contribution >= 4 is 15.9 Å². The summed E-state index contributed by atoms with van der Waals surface area (Å²) < 4.78 is 14.9. The van der Waals surface area contributed by atoms with Crippen LogP contribution in [0.15, 0.2) is 22.7 Å². The molecule has 1 unspecified atom stereocenters. The van der Waals surface area contributed by atoms with Crippen LogP contribution in [0.3, 0.4) is 0 Å². The summed E-state index contributed by atoms with van der Waals surface area (Å²) in [5, 5.41) is 3.57. The molecule has 0 spiro atoms. The highest BCUT2D eigenvalue weighted by Gasteiger charge is 2.36. The Kier molecular flexibility index (Phi) is 5.81. The smallest absolute Gasteiger partial charge is 0.127 e. The number of likely N-dealkylation sites (tertiary alicyclic amines) is 1. The fourth-order valence-electron chi connectivity index (χ4n) is 3.24. The van der Waals surface area contributed by atoms with Crippen LogP contribution in [-0.2, 0) is 6.42 Å². The quantitative estimate of drug-likeness (QED) is 0.828. The number of halogens is 2. The Morgan fingerprint density at radius 1 is 1.33 bits per heavy atom. The molecule has 4 heteroatoms. The minimum Gasteiger partial charge on any atom is -0.312 e. The number of benzene rings is 1. The lowest BCUT2D eigenvalue weighted by Gasteiger charge is -2.42. The molecular formula is C17H26BrFN2. The maximum absolute atomic E-state index is 14.1. The van der Waals surface area contributed by atoms with Crippen molar-refractivity contribution in [3.8, 4) is 0 Å². The second-order valence-corrected chi connectivity index (χ2v) is 7.31. The van der Waals surface area contributed by atoms with E-state index in [1.54, 1.807) is 6.07 Å². The van der Waals surface area contributed by atoms with Crippen molar-refractivity contribution in [2.24, 2.45) is 0 Å². The Bertz CT molecular complexity index is 470. The summed E-state index contributed by atoms with van der Waals surface area (Å²) in [7, 11) is 0. The zero-order chi connectivity index (χ0) is 15.5. The first-order valence-corrected chi connectivity index (χ1v) is 8.66. The number of rotatable bonds is 6. The first-order chi connectivity index (χ1) is 9.95. The van der Waals surface area contributed by atoms with E-state index in [9.17, 15) is 4.39 Å². The van der Waals surface area contributed by atoms with Gasteiger partial charge in [-0.15, -0.1) is 0 Å². The zero-order valence-corrected chi connectivity index (χ0v) is 14.8. The molecule has 0 radical (unpaired) electrons. The SMILES string of the molecule is CCNC(Cc1ccc(Br)cc1F)C(C)(C)N1CCCC1. The largest absolute Gasteiger partial charge is 0.312 e. The molecule has 1 aliphatic heterocycles. The lowest BCUT2D eigenvalue weighted by atomic mass is 9.87. The third-order valence-electron chi connectivity index (χ3n) is 4.66. The number of nitrogens with one attached hydrogen (secondary N) is 1. The van der Waals surface area contributed by atoms with E-state index >= 15 is 0 Å². The van der Waals surface area contributed by atoms with Crippen molar-refractivity contribution in [3.05, 3.63) is 34.1 Å². The average molecular weight is 357 g/mol. The number of nitrogens with zero attached hydrogens (tertiary/aromatic N) is 1. The lowest BCUT2D eigenvalue weighted by molar-refractivity contribution is 0.107. The van der Waals surface area contributed by atoms with Gasteiger partial charge in [0.1, 0.15) is 5.82 Å². The number of likely N-dealkylation sites (N-methyl/N-ethyl adjacent to an activating group) is 1. The van der Waals surface area contributed by atoms with Gasteiger partial charge in [-0.25, -0.2) is 4.39 Å². The molecule has 118 valence electrons. The Labute approximate surface area is 136 Å². The lowest BCUT2D eigenvalue weighted by Crippen LogP contribution is -2.57. The van der Waals surface area contributed by atoms with Gasteiger partial charge in [-0.1, -0.05) is 28.9 Å². The van der Waals surface area contributed by atoms with Crippen molar-refractivity contribution in [2.45, 2.75) is 51.6 Å². The zero-order valence-electron chi connectivity index (χ0n) is 13.3. The Balaban J connectivity index is 2.17. The summed E-state index contributed by atoms with van der Waals surface area (Å²) in [6.07, 6.45) is 3.26. The van der Waals surface area contributed by atoms with Gasteiger partial charge < -0.3 is 5.32 Å². The predicted molar refractivity (Wildman–Crippen MR) is 90.2 cm³/mol. The van der Waals surface area contributed by atoms with E-state index in [0.29, 0.717) is 0 Å². The van der Waals surface area contributed by atoms with Crippen LogP contribution in [0.4, 0.5) is 4.39 Å². The molecule has 1 saturated heterocycles. The van der Waals surface area contributed by atoms with Gasteiger partial charge in [-0.2, -0.15) is 0 Å². The topological polar surface area (TPSA) is 15.3 Å². The summed E-state index contributed by atoms with van der Waals surface area (Å²) in [5.74, 6) is -0.121. The van der Waals surface area contributed by atoms with E-state index in [4.69, 9.17) is 0 Å². The molecule has 0 aliphatic carbocycles. The van der Waals surface area contributed by atoms with Crippen LogP contribution in [0.5, 0.6) is 0 Å². The minimum absolute atomic E-state index is 0.0338. The molecule has 2 rings (SSSR count). The summed E-state index contributed by atoms with van der Waals surface area (Å²) >= 11 is 3.32. The van der Waals surface area contributed by atoms with Gasteiger partial charge in [0.05, 0.1) is 0 Å². The molecule has 0 bridgehead atoms. The van der Waals surface area contributed by atoms with Crippen LogP contribution in [0, 0.1) is 5.82 Å². The van der Waals surface area contributed by atoms with Gasteiger partial charge in [-0.05, 0) is 70.4 Å². The molecule has 0 saturated carbocycles. The van der Waals surface area contributed by atoms with Crippen LogP contribution in [0.1, 0.15) is 39.2 Å². The summed E-state index contributed by atoms with van der Waals surface area (Å²) in [6.45, 7) is 9.88. The third kappa shape index (κ3) is 4.05.